The van der Waals surface area contributed by atoms with Gasteiger partial charge in [-0.05, 0) is 25.7 Å². The first kappa shape index (κ1) is 16.5. The minimum atomic E-state index is -1.16. The van der Waals surface area contributed by atoms with Crippen molar-refractivity contribution in [3.05, 3.63) is 52.4 Å². The number of carboxylic acid groups (broad SMARTS) is 1. The molecule has 8 nitrogen and oxygen atoms in total. The molecule has 1 fully saturated rings. The van der Waals surface area contributed by atoms with Crippen molar-refractivity contribution >= 4 is 11.7 Å². The molecule has 4 rings (SSSR count). The van der Waals surface area contributed by atoms with Crippen molar-refractivity contribution in [1.82, 2.24) is 19.6 Å². The van der Waals surface area contributed by atoms with Crippen LogP contribution in [0.4, 0.5) is 0 Å². The predicted octanol–water partition coefficient (Wildman–Crippen LogP) is 2.00. The third kappa shape index (κ3) is 2.88. The summed E-state index contributed by atoms with van der Waals surface area (Å²) in [5.74, 6) is -0.215. The maximum absolute atomic E-state index is 12.3. The second-order valence-corrected chi connectivity index (χ2v) is 6.46. The van der Waals surface area contributed by atoms with Crippen LogP contribution >= 0.6 is 0 Å². The topological polar surface area (TPSA) is 110 Å². The number of rotatable bonds is 5. The van der Waals surface area contributed by atoms with Crippen LogP contribution in [0.1, 0.15) is 31.4 Å². The summed E-state index contributed by atoms with van der Waals surface area (Å²) in [7, 11) is 0. The molecule has 2 N–H and O–H groups in total. The Balaban J connectivity index is 1.63. The zero-order valence-corrected chi connectivity index (χ0v) is 14.0. The molecule has 8 heteroatoms. The molecule has 0 bridgehead atoms. The van der Waals surface area contributed by atoms with Crippen LogP contribution in [0.5, 0.6) is 0 Å². The van der Waals surface area contributed by atoms with Crippen molar-refractivity contribution in [3.63, 3.8) is 0 Å². The molecule has 3 aromatic rings. The Kier molecular flexibility index (Phi) is 4.04. The monoisotopic (exact) mass is 354 g/mol. The number of fused-ring (bicyclic) bond motifs is 1. The van der Waals surface area contributed by atoms with E-state index in [-0.39, 0.29) is 12.2 Å². The lowest BCUT2D eigenvalue weighted by Gasteiger charge is -2.24. The molecule has 0 amide bonds. The van der Waals surface area contributed by atoms with E-state index in [1.54, 1.807) is 0 Å². The number of aromatic amines is 1. The molecule has 1 aromatic carbocycles. The van der Waals surface area contributed by atoms with Crippen molar-refractivity contribution in [1.29, 1.82) is 0 Å². The fourth-order valence-electron chi connectivity index (χ4n) is 3.31. The van der Waals surface area contributed by atoms with Crippen molar-refractivity contribution < 1.29 is 14.6 Å². The number of carbonyl (C=O) groups is 1. The van der Waals surface area contributed by atoms with Gasteiger partial charge >= 0.3 is 5.97 Å². The number of benzene rings is 1. The highest BCUT2D eigenvalue weighted by molar-refractivity contribution is 5.77. The number of ether oxygens (including phenoxy) is 1. The quantitative estimate of drug-likeness (QED) is 0.725. The second-order valence-electron chi connectivity index (χ2n) is 6.46. The summed E-state index contributed by atoms with van der Waals surface area (Å²) in [5.41, 5.74) is -0.228. The molecule has 26 heavy (non-hydrogen) atoms. The van der Waals surface area contributed by atoms with Crippen LogP contribution in [0.25, 0.3) is 17.2 Å². The number of aliphatic carboxylic acids is 1. The molecule has 0 atom stereocenters. The van der Waals surface area contributed by atoms with E-state index >= 15 is 0 Å². The second kappa shape index (κ2) is 6.38. The van der Waals surface area contributed by atoms with Gasteiger partial charge in [-0.1, -0.05) is 30.3 Å². The lowest BCUT2D eigenvalue weighted by atomic mass is 10.0. The number of H-pyrrole nitrogens is 1. The average molecular weight is 354 g/mol. The lowest BCUT2D eigenvalue weighted by molar-refractivity contribution is -0.167. The number of carboxylic acids is 1. The van der Waals surface area contributed by atoms with Gasteiger partial charge in [-0.2, -0.15) is 9.50 Å². The summed E-state index contributed by atoms with van der Waals surface area (Å²) in [6.07, 6.45) is 2.62. The van der Waals surface area contributed by atoms with E-state index in [9.17, 15) is 14.7 Å². The van der Waals surface area contributed by atoms with Gasteiger partial charge in [0.25, 0.3) is 5.56 Å². The molecule has 0 radical (unpaired) electrons. The number of hydrogen-bond acceptors (Lipinski definition) is 5. The maximum Gasteiger partial charge on any atom is 0.335 e. The SMILES string of the molecule is O=C(O)C1(OCc2cc(=O)n3nc(-c4ccccc4)nc3[nH]2)CCCC1. The summed E-state index contributed by atoms with van der Waals surface area (Å²) in [6, 6.07) is 10.7. The zero-order chi connectivity index (χ0) is 18.1. The van der Waals surface area contributed by atoms with E-state index in [0.29, 0.717) is 30.1 Å². The molecular formula is C18H18N4O4. The van der Waals surface area contributed by atoms with Gasteiger partial charge in [0.1, 0.15) is 0 Å². The first-order valence-electron chi connectivity index (χ1n) is 8.49. The summed E-state index contributed by atoms with van der Waals surface area (Å²) in [5, 5.41) is 13.7. The van der Waals surface area contributed by atoms with Crippen molar-refractivity contribution in [3.8, 4) is 11.4 Å². The Bertz CT molecular complexity index is 1000. The zero-order valence-electron chi connectivity index (χ0n) is 14.0. The third-order valence-electron chi connectivity index (χ3n) is 4.72. The maximum atomic E-state index is 12.3. The van der Waals surface area contributed by atoms with Crippen LogP contribution in [-0.2, 0) is 16.1 Å². The van der Waals surface area contributed by atoms with E-state index in [1.807, 2.05) is 30.3 Å². The highest BCUT2D eigenvalue weighted by atomic mass is 16.5. The molecule has 1 aliphatic carbocycles. The molecule has 134 valence electrons. The van der Waals surface area contributed by atoms with Crippen molar-refractivity contribution in [2.45, 2.75) is 37.9 Å². The van der Waals surface area contributed by atoms with Crippen LogP contribution in [0, 0.1) is 0 Å². The van der Waals surface area contributed by atoms with Crippen LogP contribution in [0.2, 0.25) is 0 Å². The molecule has 0 saturated heterocycles. The highest BCUT2D eigenvalue weighted by Gasteiger charge is 2.42. The third-order valence-corrected chi connectivity index (χ3v) is 4.72. The molecular weight excluding hydrogens is 336 g/mol. The molecule has 2 heterocycles. The molecule has 1 saturated carbocycles. The van der Waals surface area contributed by atoms with E-state index in [1.165, 1.54) is 10.6 Å². The standard InChI is InChI=1S/C18H18N4O4/c23-14-10-13(11-26-18(16(24)25)8-4-5-9-18)19-17-20-15(21-22(14)17)12-6-2-1-3-7-12/h1-3,6-7,10H,4-5,8-9,11H2,(H,24,25)(H,19,20,21). The van der Waals surface area contributed by atoms with Gasteiger partial charge in [0.15, 0.2) is 11.4 Å². The first-order valence-corrected chi connectivity index (χ1v) is 8.49. The van der Waals surface area contributed by atoms with Gasteiger partial charge in [0.2, 0.25) is 5.78 Å². The molecule has 0 spiro atoms. The molecule has 1 aliphatic rings. The van der Waals surface area contributed by atoms with E-state index in [4.69, 9.17) is 4.74 Å². The van der Waals surface area contributed by atoms with Gasteiger partial charge in [0.05, 0.1) is 6.61 Å². The summed E-state index contributed by atoms with van der Waals surface area (Å²) in [4.78, 5) is 31.3. The predicted molar refractivity (Wildman–Crippen MR) is 92.7 cm³/mol. The lowest BCUT2D eigenvalue weighted by Crippen LogP contribution is -2.38. The highest BCUT2D eigenvalue weighted by Crippen LogP contribution is 2.34. The summed E-state index contributed by atoms with van der Waals surface area (Å²) in [6.45, 7) is 0.00553. The minimum Gasteiger partial charge on any atom is -0.479 e. The molecule has 2 aromatic heterocycles. The number of aromatic nitrogens is 4. The normalized spacial score (nSPS) is 16.2. The van der Waals surface area contributed by atoms with Gasteiger partial charge in [-0.3, -0.25) is 4.79 Å². The van der Waals surface area contributed by atoms with Crippen molar-refractivity contribution in [2.75, 3.05) is 0 Å². The van der Waals surface area contributed by atoms with Gasteiger partial charge in [0, 0.05) is 17.3 Å². The fourth-order valence-corrected chi connectivity index (χ4v) is 3.31. The minimum absolute atomic E-state index is 0.00553. The summed E-state index contributed by atoms with van der Waals surface area (Å²) < 4.78 is 6.90. The number of nitrogens with zero attached hydrogens (tertiary/aromatic N) is 3. The number of hydrogen-bond donors (Lipinski definition) is 2. The first-order chi connectivity index (χ1) is 12.6. The molecule has 0 aliphatic heterocycles. The molecule has 0 unspecified atom stereocenters. The van der Waals surface area contributed by atoms with Gasteiger partial charge < -0.3 is 14.8 Å². The Hall–Kier alpha value is -3.00. The largest absolute Gasteiger partial charge is 0.479 e. The fraction of sp³-hybridized carbons (Fsp3) is 0.333. The van der Waals surface area contributed by atoms with E-state index in [2.05, 4.69) is 15.1 Å². The average Bonchev–Trinajstić information content (AvgIpc) is 3.29. The van der Waals surface area contributed by atoms with Crippen LogP contribution in [0.15, 0.2) is 41.2 Å². The van der Waals surface area contributed by atoms with Gasteiger partial charge in [-0.15, -0.1) is 5.10 Å². The van der Waals surface area contributed by atoms with Crippen LogP contribution < -0.4 is 5.56 Å². The van der Waals surface area contributed by atoms with Crippen LogP contribution in [0.3, 0.4) is 0 Å². The Morgan fingerprint density at radius 2 is 2.00 bits per heavy atom. The summed E-state index contributed by atoms with van der Waals surface area (Å²) >= 11 is 0. The Labute approximate surface area is 148 Å². The smallest absolute Gasteiger partial charge is 0.335 e. The Morgan fingerprint density at radius 3 is 2.69 bits per heavy atom. The van der Waals surface area contributed by atoms with Gasteiger partial charge in [-0.25, -0.2) is 4.79 Å². The van der Waals surface area contributed by atoms with Crippen molar-refractivity contribution in [2.24, 2.45) is 0 Å². The van der Waals surface area contributed by atoms with E-state index in [0.717, 1.165) is 18.4 Å². The van der Waals surface area contributed by atoms with E-state index < -0.39 is 11.6 Å². The Morgan fingerprint density at radius 1 is 1.27 bits per heavy atom. The number of nitrogens with one attached hydrogen (secondary N) is 1. The van der Waals surface area contributed by atoms with Crippen LogP contribution in [-0.4, -0.2) is 36.3 Å².